The Hall–Kier alpha value is -2.31. The number of methoxy groups -OCH3 is 1. The highest BCUT2D eigenvalue weighted by Gasteiger charge is 2.15. The topological polar surface area (TPSA) is 64.1 Å². The average Bonchev–Trinajstić information content (AvgIpc) is 3.25. The zero-order valence-electron chi connectivity index (χ0n) is 16.9. The lowest BCUT2D eigenvalue weighted by molar-refractivity contribution is 0.0888. The van der Waals surface area contributed by atoms with Crippen LogP contribution in [0.5, 0.6) is 5.75 Å². The third-order valence-electron chi connectivity index (χ3n) is 4.93. The van der Waals surface area contributed by atoms with E-state index in [-0.39, 0.29) is 0 Å². The fraction of sp³-hybridized carbons (Fsp3) is 0.500. The summed E-state index contributed by atoms with van der Waals surface area (Å²) in [6.45, 7) is 4.84. The largest absolute Gasteiger partial charge is 0.497 e. The molecule has 6 heteroatoms. The first kappa shape index (κ1) is 20.4. The number of guanidine groups is 1. The molecule has 0 radical (unpaired) electrons. The highest BCUT2D eigenvalue weighted by molar-refractivity contribution is 5.85. The first-order valence-corrected chi connectivity index (χ1v) is 9.95. The van der Waals surface area contributed by atoms with Crippen LogP contribution in [0.2, 0.25) is 0 Å². The Morgan fingerprint density at radius 1 is 1.18 bits per heavy atom. The quantitative estimate of drug-likeness (QED) is 0.395. The summed E-state index contributed by atoms with van der Waals surface area (Å²) in [4.78, 5) is 4.29. The highest BCUT2D eigenvalue weighted by atomic mass is 16.5. The molecule has 1 atom stereocenters. The molecule has 0 bridgehead atoms. The van der Waals surface area contributed by atoms with Crippen molar-refractivity contribution < 1.29 is 14.2 Å². The van der Waals surface area contributed by atoms with E-state index in [9.17, 15) is 0 Å². The summed E-state index contributed by atoms with van der Waals surface area (Å²) in [5.74, 6) is 2.26. The summed E-state index contributed by atoms with van der Waals surface area (Å²) in [7, 11) is 3.48. The summed E-state index contributed by atoms with van der Waals surface area (Å²) in [5, 5.41) is 9.08. The van der Waals surface area contributed by atoms with Gasteiger partial charge in [-0.2, -0.15) is 0 Å². The van der Waals surface area contributed by atoms with Gasteiger partial charge in [-0.3, -0.25) is 4.99 Å². The second-order valence-electron chi connectivity index (χ2n) is 7.06. The normalized spacial score (nSPS) is 17.1. The van der Waals surface area contributed by atoms with Crippen LogP contribution in [0.15, 0.2) is 41.4 Å². The van der Waals surface area contributed by atoms with Crippen molar-refractivity contribution in [2.45, 2.75) is 19.4 Å². The molecule has 1 saturated heterocycles. The van der Waals surface area contributed by atoms with Crippen LogP contribution in [0.25, 0.3) is 10.8 Å². The van der Waals surface area contributed by atoms with Gasteiger partial charge in [-0.15, -0.1) is 0 Å². The number of hydrogen-bond donors (Lipinski definition) is 2. The van der Waals surface area contributed by atoms with Crippen LogP contribution in [-0.4, -0.2) is 53.1 Å². The van der Waals surface area contributed by atoms with Gasteiger partial charge >= 0.3 is 0 Å². The number of aliphatic imine (C=N–C) groups is 1. The molecule has 0 amide bonds. The number of nitrogens with zero attached hydrogens (tertiary/aromatic N) is 1. The molecule has 0 saturated carbocycles. The minimum absolute atomic E-state index is 0.574. The van der Waals surface area contributed by atoms with Crippen molar-refractivity contribution in [1.29, 1.82) is 0 Å². The van der Waals surface area contributed by atoms with E-state index >= 15 is 0 Å². The lowest BCUT2D eigenvalue weighted by atomic mass is 10.1. The first-order chi connectivity index (χ1) is 13.8. The van der Waals surface area contributed by atoms with Crippen LogP contribution in [0.4, 0.5) is 0 Å². The maximum Gasteiger partial charge on any atom is 0.191 e. The van der Waals surface area contributed by atoms with Crippen LogP contribution in [0.1, 0.15) is 18.4 Å². The van der Waals surface area contributed by atoms with E-state index in [1.54, 1.807) is 14.2 Å². The predicted molar refractivity (Wildman–Crippen MR) is 113 cm³/mol. The van der Waals surface area contributed by atoms with Crippen LogP contribution >= 0.6 is 0 Å². The second kappa shape index (κ2) is 10.9. The van der Waals surface area contributed by atoms with Crippen molar-refractivity contribution in [3.8, 4) is 5.75 Å². The third-order valence-corrected chi connectivity index (χ3v) is 4.93. The molecule has 3 rings (SSSR count). The van der Waals surface area contributed by atoms with Gasteiger partial charge in [-0.25, -0.2) is 0 Å². The molecule has 0 aliphatic carbocycles. The smallest absolute Gasteiger partial charge is 0.191 e. The summed E-state index contributed by atoms with van der Waals surface area (Å²) >= 11 is 0. The number of fused-ring (bicyclic) bond motifs is 1. The molecule has 1 fully saturated rings. The number of ether oxygens (including phenoxy) is 3. The Balaban J connectivity index is 1.37. The van der Waals surface area contributed by atoms with Gasteiger partial charge in [0, 0.05) is 39.3 Å². The number of rotatable bonds is 9. The molecule has 1 unspecified atom stereocenters. The van der Waals surface area contributed by atoms with Gasteiger partial charge in [0.15, 0.2) is 5.96 Å². The lowest BCUT2D eigenvalue weighted by Crippen LogP contribution is -2.37. The number of nitrogens with one attached hydrogen (secondary N) is 2. The molecule has 2 aromatic rings. The van der Waals surface area contributed by atoms with Crippen molar-refractivity contribution in [3.05, 3.63) is 42.0 Å². The van der Waals surface area contributed by atoms with E-state index in [0.29, 0.717) is 5.92 Å². The van der Waals surface area contributed by atoms with Crippen molar-refractivity contribution in [2.24, 2.45) is 10.9 Å². The minimum Gasteiger partial charge on any atom is -0.497 e. The fourth-order valence-electron chi connectivity index (χ4n) is 3.26. The van der Waals surface area contributed by atoms with E-state index in [4.69, 9.17) is 14.2 Å². The van der Waals surface area contributed by atoms with E-state index in [2.05, 4.69) is 46.0 Å². The first-order valence-electron chi connectivity index (χ1n) is 9.95. The molecule has 0 aromatic heterocycles. The maximum absolute atomic E-state index is 5.73. The lowest BCUT2D eigenvalue weighted by Gasteiger charge is -2.13. The fourth-order valence-corrected chi connectivity index (χ4v) is 3.26. The van der Waals surface area contributed by atoms with Gasteiger partial charge in [-0.05, 0) is 47.4 Å². The van der Waals surface area contributed by atoms with Gasteiger partial charge < -0.3 is 24.8 Å². The van der Waals surface area contributed by atoms with Crippen molar-refractivity contribution in [2.75, 3.05) is 47.1 Å². The Morgan fingerprint density at radius 2 is 2.04 bits per heavy atom. The van der Waals surface area contributed by atoms with Crippen molar-refractivity contribution in [1.82, 2.24) is 10.6 Å². The molecule has 152 valence electrons. The monoisotopic (exact) mass is 385 g/mol. The van der Waals surface area contributed by atoms with Gasteiger partial charge in [0.25, 0.3) is 0 Å². The second-order valence-corrected chi connectivity index (χ2v) is 7.06. The van der Waals surface area contributed by atoms with Crippen LogP contribution in [-0.2, 0) is 16.0 Å². The summed E-state index contributed by atoms with van der Waals surface area (Å²) < 4.78 is 16.4. The molecule has 1 aliphatic rings. The van der Waals surface area contributed by atoms with Gasteiger partial charge in [0.1, 0.15) is 5.75 Å². The SMILES string of the molecule is CN=C(NCCCOCC1CCOC1)NCc1ccc2cc(OC)ccc2c1. The summed E-state index contributed by atoms with van der Waals surface area (Å²) in [6, 6.07) is 12.6. The Kier molecular flexibility index (Phi) is 7.94. The summed E-state index contributed by atoms with van der Waals surface area (Å²) in [6.07, 6.45) is 2.07. The van der Waals surface area contributed by atoms with E-state index in [1.165, 1.54) is 16.3 Å². The molecule has 1 aliphatic heterocycles. The Bertz CT molecular complexity index is 773. The molecule has 1 heterocycles. The third kappa shape index (κ3) is 6.11. The number of hydrogen-bond acceptors (Lipinski definition) is 4. The average molecular weight is 386 g/mol. The zero-order valence-corrected chi connectivity index (χ0v) is 16.9. The Morgan fingerprint density at radius 3 is 2.82 bits per heavy atom. The number of benzene rings is 2. The van der Waals surface area contributed by atoms with E-state index in [0.717, 1.165) is 64.1 Å². The zero-order chi connectivity index (χ0) is 19.6. The highest BCUT2D eigenvalue weighted by Crippen LogP contribution is 2.21. The standard InChI is InChI=1S/C22H31N3O3/c1-23-22(24-9-3-10-27-15-18-8-11-28-16-18)25-14-17-4-5-20-13-21(26-2)7-6-19(20)12-17/h4-7,12-13,18H,3,8-11,14-16H2,1-2H3,(H2,23,24,25). The van der Waals surface area contributed by atoms with Gasteiger partial charge in [0.05, 0.1) is 20.3 Å². The van der Waals surface area contributed by atoms with Crippen LogP contribution < -0.4 is 15.4 Å². The van der Waals surface area contributed by atoms with Gasteiger partial charge in [-0.1, -0.05) is 18.2 Å². The maximum atomic E-state index is 5.73. The van der Waals surface area contributed by atoms with Crippen molar-refractivity contribution >= 4 is 16.7 Å². The summed E-state index contributed by atoms with van der Waals surface area (Å²) in [5.41, 5.74) is 1.21. The molecule has 2 N–H and O–H groups in total. The van der Waals surface area contributed by atoms with Crippen molar-refractivity contribution in [3.63, 3.8) is 0 Å². The molecular formula is C22H31N3O3. The molecule has 0 spiro atoms. The molecule has 28 heavy (non-hydrogen) atoms. The molecular weight excluding hydrogens is 354 g/mol. The van der Waals surface area contributed by atoms with Crippen LogP contribution in [0, 0.1) is 5.92 Å². The van der Waals surface area contributed by atoms with E-state index in [1.807, 2.05) is 6.07 Å². The van der Waals surface area contributed by atoms with Crippen LogP contribution in [0.3, 0.4) is 0 Å². The predicted octanol–water partition coefficient (Wildman–Crippen LogP) is 2.96. The molecule has 2 aromatic carbocycles. The molecule has 6 nitrogen and oxygen atoms in total. The van der Waals surface area contributed by atoms with Gasteiger partial charge in [0.2, 0.25) is 0 Å². The Labute approximate surface area is 167 Å². The van der Waals surface area contributed by atoms with E-state index < -0.39 is 0 Å². The minimum atomic E-state index is 0.574.